The monoisotopic (exact) mass is 305 g/mol. The first-order valence-electron chi connectivity index (χ1n) is 7.32. The largest absolute Gasteiger partial charge is 0.479 e. The van der Waals surface area contributed by atoms with Crippen LogP contribution in [0.1, 0.15) is 44.9 Å². The van der Waals surface area contributed by atoms with Crippen molar-refractivity contribution in [2.75, 3.05) is 12.3 Å². The Morgan fingerprint density at radius 3 is 2.45 bits per heavy atom. The third-order valence-electron chi connectivity index (χ3n) is 4.09. The fourth-order valence-corrected chi connectivity index (χ4v) is 4.49. The molecule has 6 nitrogen and oxygen atoms in total. The normalized spacial score (nSPS) is 28.6. The molecule has 2 unspecified atom stereocenters. The van der Waals surface area contributed by atoms with Crippen LogP contribution in [0.2, 0.25) is 0 Å². The Hall–Kier alpha value is -0.660. The van der Waals surface area contributed by atoms with Gasteiger partial charge < -0.3 is 9.84 Å². The molecule has 2 atom stereocenters. The predicted octanol–water partition coefficient (Wildman–Crippen LogP) is 1.12. The number of sulfonamides is 1. The summed E-state index contributed by atoms with van der Waals surface area (Å²) >= 11 is 0. The molecule has 2 N–H and O–H groups in total. The highest BCUT2D eigenvalue weighted by Crippen LogP contribution is 2.25. The zero-order valence-electron chi connectivity index (χ0n) is 11.6. The van der Waals surface area contributed by atoms with Crippen molar-refractivity contribution < 1.29 is 23.1 Å². The van der Waals surface area contributed by atoms with E-state index in [1.807, 2.05) is 0 Å². The van der Waals surface area contributed by atoms with Crippen LogP contribution in [0.3, 0.4) is 0 Å². The number of aliphatic carboxylic acids is 1. The zero-order valence-corrected chi connectivity index (χ0v) is 12.4. The van der Waals surface area contributed by atoms with Crippen LogP contribution in [-0.2, 0) is 19.6 Å². The van der Waals surface area contributed by atoms with Gasteiger partial charge in [-0.2, -0.15) is 0 Å². The summed E-state index contributed by atoms with van der Waals surface area (Å²) in [5.41, 5.74) is 0. The van der Waals surface area contributed by atoms with Crippen LogP contribution in [0.15, 0.2) is 0 Å². The van der Waals surface area contributed by atoms with Crippen LogP contribution < -0.4 is 4.72 Å². The number of nitrogens with one attached hydrogen (secondary N) is 1. The summed E-state index contributed by atoms with van der Waals surface area (Å²) in [5.74, 6) is -0.530. The minimum Gasteiger partial charge on any atom is -0.479 e. The summed E-state index contributed by atoms with van der Waals surface area (Å²) in [5, 5.41) is 8.81. The van der Waals surface area contributed by atoms with Gasteiger partial charge >= 0.3 is 5.97 Å². The molecule has 0 amide bonds. The van der Waals surface area contributed by atoms with Gasteiger partial charge in [0.15, 0.2) is 6.10 Å². The van der Waals surface area contributed by atoms with Crippen LogP contribution in [0.25, 0.3) is 0 Å². The quantitative estimate of drug-likeness (QED) is 0.767. The molecule has 1 aliphatic carbocycles. The number of rotatable bonds is 6. The Labute approximate surface area is 119 Å². The predicted molar refractivity (Wildman–Crippen MR) is 73.9 cm³/mol. The molecule has 1 aliphatic heterocycles. The van der Waals surface area contributed by atoms with Gasteiger partial charge in [-0.05, 0) is 31.6 Å². The minimum atomic E-state index is -3.28. The maximum Gasteiger partial charge on any atom is 0.332 e. The van der Waals surface area contributed by atoms with Gasteiger partial charge in [0.25, 0.3) is 0 Å². The highest BCUT2D eigenvalue weighted by Gasteiger charge is 2.31. The molecule has 116 valence electrons. The molecule has 0 spiro atoms. The van der Waals surface area contributed by atoms with E-state index in [4.69, 9.17) is 9.84 Å². The summed E-state index contributed by atoms with van der Waals surface area (Å²) < 4.78 is 31.8. The minimum absolute atomic E-state index is 0.179. The number of hydrogen-bond acceptors (Lipinski definition) is 4. The molecule has 0 aromatic heterocycles. The van der Waals surface area contributed by atoms with Crippen LogP contribution >= 0.6 is 0 Å². The van der Waals surface area contributed by atoms with Gasteiger partial charge in [0.1, 0.15) is 0 Å². The SMILES string of the molecule is O=C(O)C1CCC(CNS(=O)(=O)CC2CCCCC2)O1. The van der Waals surface area contributed by atoms with Crippen LogP contribution in [-0.4, -0.2) is 44.0 Å². The molecule has 1 heterocycles. The third kappa shape index (κ3) is 4.71. The Kier molecular flexibility index (Phi) is 5.40. The van der Waals surface area contributed by atoms with Crippen molar-refractivity contribution in [1.29, 1.82) is 0 Å². The van der Waals surface area contributed by atoms with Gasteiger partial charge in [-0.1, -0.05) is 19.3 Å². The molecule has 20 heavy (non-hydrogen) atoms. The molecule has 7 heteroatoms. The van der Waals surface area contributed by atoms with Crippen molar-refractivity contribution >= 4 is 16.0 Å². The molecule has 2 aliphatic rings. The van der Waals surface area contributed by atoms with Crippen molar-refractivity contribution in [1.82, 2.24) is 4.72 Å². The summed E-state index contributed by atoms with van der Waals surface area (Å²) in [6.07, 6.45) is 5.34. The molecule has 1 saturated heterocycles. The Balaban J connectivity index is 1.73. The lowest BCUT2D eigenvalue weighted by molar-refractivity contribution is -0.149. The van der Waals surface area contributed by atoms with Crippen molar-refractivity contribution in [2.24, 2.45) is 5.92 Å². The van der Waals surface area contributed by atoms with E-state index in [-0.39, 0.29) is 24.3 Å². The molecule has 0 aromatic rings. The lowest BCUT2D eigenvalue weighted by Gasteiger charge is -2.21. The van der Waals surface area contributed by atoms with E-state index in [1.165, 1.54) is 6.42 Å². The Bertz CT molecular complexity index is 430. The smallest absolute Gasteiger partial charge is 0.332 e. The van der Waals surface area contributed by atoms with Crippen molar-refractivity contribution in [3.63, 3.8) is 0 Å². The number of carbonyl (C=O) groups is 1. The van der Waals surface area contributed by atoms with Gasteiger partial charge in [-0.25, -0.2) is 17.9 Å². The van der Waals surface area contributed by atoms with Crippen LogP contribution in [0.4, 0.5) is 0 Å². The molecule has 1 saturated carbocycles. The van der Waals surface area contributed by atoms with Gasteiger partial charge in [-0.15, -0.1) is 0 Å². The van der Waals surface area contributed by atoms with Gasteiger partial charge in [0, 0.05) is 6.54 Å². The van der Waals surface area contributed by atoms with E-state index in [1.54, 1.807) is 0 Å². The first-order valence-corrected chi connectivity index (χ1v) is 8.97. The summed E-state index contributed by atoms with van der Waals surface area (Å²) in [7, 11) is -3.28. The average Bonchev–Trinajstić information content (AvgIpc) is 2.86. The lowest BCUT2D eigenvalue weighted by Crippen LogP contribution is -2.36. The first kappa shape index (κ1) is 15.7. The van der Waals surface area contributed by atoms with Gasteiger partial charge in [0.2, 0.25) is 10.0 Å². The molecule has 0 radical (unpaired) electrons. The van der Waals surface area contributed by atoms with E-state index in [0.29, 0.717) is 12.8 Å². The molecular formula is C13H23NO5S. The summed E-state index contributed by atoms with van der Waals surface area (Å²) in [4.78, 5) is 10.7. The molecule has 2 fully saturated rings. The standard InChI is InChI=1S/C13H23NO5S/c15-13(16)12-7-6-11(19-12)8-14-20(17,18)9-10-4-2-1-3-5-10/h10-12,14H,1-9H2,(H,15,16). The Morgan fingerprint density at radius 2 is 1.85 bits per heavy atom. The van der Waals surface area contributed by atoms with E-state index in [9.17, 15) is 13.2 Å². The highest BCUT2D eigenvalue weighted by molar-refractivity contribution is 7.89. The van der Waals surface area contributed by atoms with Crippen LogP contribution in [0, 0.1) is 5.92 Å². The molecule has 0 aromatic carbocycles. The number of carboxylic acids is 1. The zero-order chi connectivity index (χ0) is 14.6. The van der Waals surface area contributed by atoms with Gasteiger partial charge in [0.05, 0.1) is 11.9 Å². The first-order chi connectivity index (χ1) is 9.46. The maximum absolute atomic E-state index is 12.0. The average molecular weight is 305 g/mol. The Morgan fingerprint density at radius 1 is 1.15 bits per heavy atom. The van der Waals surface area contributed by atoms with Crippen molar-refractivity contribution in [3.8, 4) is 0 Å². The lowest BCUT2D eigenvalue weighted by atomic mass is 9.91. The topological polar surface area (TPSA) is 92.7 Å². The van der Waals surface area contributed by atoms with E-state index < -0.39 is 22.1 Å². The number of carboxylic acid groups (broad SMARTS) is 1. The van der Waals surface area contributed by atoms with Crippen LogP contribution in [0.5, 0.6) is 0 Å². The summed E-state index contributed by atoms with van der Waals surface area (Å²) in [6, 6.07) is 0. The van der Waals surface area contributed by atoms with E-state index in [0.717, 1.165) is 25.7 Å². The van der Waals surface area contributed by atoms with Gasteiger partial charge in [-0.3, -0.25) is 0 Å². The number of ether oxygens (including phenoxy) is 1. The molecule has 2 rings (SSSR count). The molecular weight excluding hydrogens is 282 g/mol. The number of hydrogen-bond donors (Lipinski definition) is 2. The summed E-state index contributed by atoms with van der Waals surface area (Å²) in [6.45, 7) is 0.179. The third-order valence-corrected chi connectivity index (χ3v) is 5.61. The second kappa shape index (κ2) is 6.87. The molecule has 0 bridgehead atoms. The van der Waals surface area contributed by atoms with E-state index >= 15 is 0 Å². The maximum atomic E-state index is 12.0. The fraction of sp³-hybridized carbons (Fsp3) is 0.923. The highest BCUT2D eigenvalue weighted by atomic mass is 32.2. The van der Waals surface area contributed by atoms with E-state index in [2.05, 4.69) is 4.72 Å². The fourth-order valence-electron chi connectivity index (χ4n) is 2.98. The van der Waals surface area contributed by atoms with Crippen molar-refractivity contribution in [2.45, 2.75) is 57.2 Å². The second-order valence-electron chi connectivity index (χ2n) is 5.80. The van der Waals surface area contributed by atoms with Crippen molar-refractivity contribution in [3.05, 3.63) is 0 Å². The second-order valence-corrected chi connectivity index (χ2v) is 7.65.